The molecule has 3 aromatic rings. The van der Waals surface area contributed by atoms with Gasteiger partial charge in [0.15, 0.2) is 6.73 Å². The minimum Gasteiger partial charge on any atom is -0.438 e. The van der Waals surface area contributed by atoms with Crippen molar-refractivity contribution in [1.29, 1.82) is 0 Å². The van der Waals surface area contributed by atoms with E-state index in [0.29, 0.717) is 10.9 Å². The molecule has 0 saturated heterocycles. The van der Waals surface area contributed by atoms with Crippen LogP contribution >= 0.6 is 34.8 Å². The fourth-order valence-corrected chi connectivity index (χ4v) is 2.70. The van der Waals surface area contributed by atoms with Gasteiger partial charge < -0.3 is 4.74 Å². The van der Waals surface area contributed by atoms with E-state index >= 15 is 0 Å². The van der Waals surface area contributed by atoms with Gasteiger partial charge in [-0.15, -0.1) is 5.10 Å². The molecule has 122 valence electrons. The second kappa shape index (κ2) is 6.76. The second-order valence-corrected chi connectivity index (χ2v) is 5.88. The molecule has 3 rings (SSSR count). The first-order valence-electron chi connectivity index (χ1n) is 6.62. The van der Waals surface area contributed by atoms with Crippen LogP contribution in [0.15, 0.2) is 41.2 Å². The standard InChI is InChI=1S/C15H8Cl3N3O3/c16-9-5-6-10(17)13(18)12(9)15(23)24-7-21-14(22)8-3-1-2-4-11(8)19-20-21/h1-6H,7H2. The maximum absolute atomic E-state index is 12.3. The van der Waals surface area contributed by atoms with Gasteiger partial charge in [0, 0.05) is 0 Å². The summed E-state index contributed by atoms with van der Waals surface area (Å²) in [6.07, 6.45) is 0. The number of halogens is 3. The lowest BCUT2D eigenvalue weighted by Crippen LogP contribution is -2.26. The van der Waals surface area contributed by atoms with Gasteiger partial charge in [-0.25, -0.2) is 4.79 Å². The Balaban J connectivity index is 1.87. The third-order valence-corrected chi connectivity index (χ3v) is 4.31. The zero-order valence-electron chi connectivity index (χ0n) is 11.9. The highest BCUT2D eigenvalue weighted by atomic mass is 35.5. The summed E-state index contributed by atoms with van der Waals surface area (Å²) in [6, 6.07) is 9.59. The van der Waals surface area contributed by atoms with Crippen molar-refractivity contribution in [2.75, 3.05) is 0 Å². The molecule has 0 aliphatic heterocycles. The Bertz CT molecular complexity index is 1000. The molecule has 6 nitrogen and oxygen atoms in total. The summed E-state index contributed by atoms with van der Waals surface area (Å²) in [5, 5.41) is 8.20. The van der Waals surface area contributed by atoms with Gasteiger partial charge in [-0.2, -0.15) is 4.68 Å². The summed E-state index contributed by atoms with van der Waals surface area (Å²) in [7, 11) is 0. The van der Waals surface area contributed by atoms with Gasteiger partial charge in [0.25, 0.3) is 5.56 Å². The van der Waals surface area contributed by atoms with Crippen molar-refractivity contribution in [2.24, 2.45) is 0 Å². The third-order valence-electron chi connectivity index (χ3n) is 3.20. The molecule has 24 heavy (non-hydrogen) atoms. The number of nitrogens with zero attached hydrogens (tertiary/aromatic N) is 3. The van der Waals surface area contributed by atoms with Crippen LogP contribution in [-0.4, -0.2) is 21.0 Å². The van der Waals surface area contributed by atoms with Gasteiger partial charge in [0.1, 0.15) is 5.52 Å². The van der Waals surface area contributed by atoms with Crippen molar-refractivity contribution in [3.8, 4) is 0 Å². The van der Waals surface area contributed by atoms with Crippen LogP contribution in [0.3, 0.4) is 0 Å². The number of fused-ring (bicyclic) bond motifs is 1. The number of carbonyl (C=O) groups is 1. The average molecular weight is 385 g/mol. The number of rotatable bonds is 3. The first-order valence-corrected chi connectivity index (χ1v) is 7.75. The molecule has 1 heterocycles. The number of hydrogen-bond donors (Lipinski definition) is 0. The molecule has 0 radical (unpaired) electrons. The van der Waals surface area contributed by atoms with Crippen LogP contribution in [0.2, 0.25) is 15.1 Å². The molecule has 0 atom stereocenters. The van der Waals surface area contributed by atoms with Gasteiger partial charge in [-0.1, -0.05) is 52.1 Å². The molecule has 0 bridgehead atoms. The van der Waals surface area contributed by atoms with E-state index in [4.69, 9.17) is 39.5 Å². The minimum absolute atomic E-state index is 0.0221. The molecule has 1 aromatic heterocycles. The largest absolute Gasteiger partial charge is 0.438 e. The molecular weight excluding hydrogens is 377 g/mol. The SMILES string of the molecule is O=C(OCn1nnc2ccccc2c1=O)c1c(Cl)ccc(Cl)c1Cl. The lowest BCUT2D eigenvalue weighted by Gasteiger charge is -2.09. The Morgan fingerprint density at radius 2 is 1.79 bits per heavy atom. The van der Waals surface area contributed by atoms with E-state index in [1.807, 2.05) is 0 Å². The molecule has 0 amide bonds. The Morgan fingerprint density at radius 3 is 2.58 bits per heavy atom. The predicted molar refractivity (Wildman–Crippen MR) is 90.7 cm³/mol. The van der Waals surface area contributed by atoms with Gasteiger partial charge in [0.05, 0.1) is 26.0 Å². The van der Waals surface area contributed by atoms with E-state index < -0.39 is 18.3 Å². The summed E-state index contributed by atoms with van der Waals surface area (Å²) in [5.74, 6) is -0.825. The molecule has 0 saturated carbocycles. The van der Waals surface area contributed by atoms with E-state index in [2.05, 4.69) is 10.3 Å². The first kappa shape index (κ1) is 16.7. The fraction of sp³-hybridized carbons (Fsp3) is 0.0667. The Hall–Kier alpha value is -2.15. The number of aromatic nitrogens is 3. The maximum atomic E-state index is 12.3. The molecule has 2 aromatic carbocycles. The highest BCUT2D eigenvalue weighted by Gasteiger charge is 2.19. The Kier molecular flexibility index (Phi) is 4.71. The van der Waals surface area contributed by atoms with Crippen LogP contribution in [0.5, 0.6) is 0 Å². The monoisotopic (exact) mass is 383 g/mol. The number of carbonyl (C=O) groups excluding carboxylic acids is 1. The zero-order chi connectivity index (χ0) is 17.3. The van der Waals surface area contributed by atoms with Gasteiger partial charge in [-0.3, -0.25) is 4.79 Å². The number of esters is 1. The molecular formula is C15H8Cl3N3O3. The number of ether oxygens (including phenoxy) is 1. The molecule has 0 fully saturated rings. The third kappa shape index (κ3) is 3.08. The van der Waals surface area contributed by atoms with Crippen LogP contribution in [0.25, 0.3) is 10.9 Å². The fourth-order valence-electron chi connectivity index (χ4n) is 2.01. The summed E-state index contributed by atoms with van der Waals surface area (Å²) in [6.45, 7) is -0.436. The highest BCUT2D eigenvalue weighted by Crippen LogP contribution is 2.31. The van der Waals surface area contributed by atoms with Crippen LogP contribution < -0.4 is 5.56 Å². The summed E-state index contributed by atoms with van der Waals surface area (Å²) < 4.78 is 5.98. The van der Waals surface area contributed by atoms with Crippen molar-refractivity contribution in [2.45, 2.75) is 6.73 Å². The maximum Gasteiger partial charge on any atom is 0.343 e. The van der Waals surface area contributed by atoms with Crippen molar-refractivity contribution >= 4 is 51.7 Å². The number of benzene rings is 2. The molecule has 0 N–H and O–H groups in total. The zero-order valence-corrected chi connectivity index (χ0v) is 14.1. The van der Waals surface area contributed by atoms with E-state index in [1.165, 1.54) is 12.1 Å². The summed E-state index contributed by atoms with van der Waals surface area (Å²) in [4.78, 5) is 24.4. The van der Waals surface area contributed by atoms with Crippen molar-refractivity contribution < 1.29 is 9.53 Å². The summed E-state index contributed by atoms with van der Waals surface area (Å²) in [5.41, 5.74) is -0.0599. The molecule has 0 spiro atoms. The molecule has 0 aliphatic carbocycles. The van der Waals surface area contributed by atoms with Gasteiger partial charge in [-0.05, 0) is 24.3 Å². The average Bonchev–Trinajstić information content (AvgIpc) is 2.58. The van der Waals surface area contributed by atoms with Gasteiger partial charge >= 0.3 is 5.97 Å². The Labute approximate surface area is 150 Å². The first-order chi connectivity index (χ1) is 11.5. The predicted octanol–water partition coefficient (Wildman–Crippen LogP) is 3.57. The van der Waals surface area contributed by atoms with Gasteiger partial charge in [0.2, 0.25) is 0 Å². The van der Waals surface area contributed by atoms with Crippen molar-refractivity contribution in [3.63, 3.8) is 0 Å². The minimum atomic E-state index is -0.825. The van der Waals surface area contributed by atoms with Crippen LogP contribution in [0, 0.1) is 0 Å². The number of hydrogen-bond acceptors (Lipinski definition) is 5. The lowest BCUT2D eigenvalue weighted by atomic mass is 10.2. The topological polar surface area (TPSA) is 74.1 Å². The van der Waals surface area contributed by atoms with E-state index in [9.17, 15) is 9.59 Å². The van der Waals surface area contributed by atoms with Crippen LogP contribution in [-0.2, 0) is 11.5 Å². The molecule has 0 aliphatic rings. The van der Waals surface area contributed by atoms with E-state index in [1.54, 1.807) is 24.3 Å². The summed E-state index contributed by atoms with van der Waals surface area (Å²) >= 11 is 17.8. The van der Waals surface area contributed by atoms with Crippen LogP contribution in [0.4, 0.5) is 0 Å². The van der Waals surface area contributed by atoms with E-state index in [-0.39, 0.29) is 20.6 Å². The lowest BCUT2D eigenvalue weighted by molar-refractivity contribution is 0.0336. The molecule has 0 unspecified atom stereocenters. The Morgan fingerprint density at radius 1 is 1.08 bits per heavy atom. The van der Waals surface area contributed by atoms with E-state index in [0.717, 1.165) is 4.68 Å². The van der Waals surface area contributed by atoms with Crippen molar-refractivity contribution in [1.82, 2.24) is 15.0 Å². The second-order valence-electron chi connectivity index (χ2n) is 4.69. The van der Waals surface area contributed by atoms with Crippen molar-refractivity contribution in [3.05, 3.63) is 67.4 Å². The molecule has 9 heteroatoms. The quantitative estimate of drug-likeness (QED) is 0.510. The smallest absolute Gasteiger partial charge is 0.343 e. The highest BCUT2D eigenvalue weighted by molar-refractivity contribution is 6.46. The van der Waals surface area contributed by atoms with Crippen LogP contribution in [0.1, 0.15) is 10.4 Å². The normalized spacial score (nSPS) is 10.8.